The van der Waals surface area contributed by atoms with Gasteiger partial charge in [0.1, 0.15) is 23.9 Å². The molecule has 8 N–H and O–H groups in total. The van der Waals surface area contributed by atoms with E-state index in [1.54, 1.807) is 26.0 Å². The molecule has 1 rings (SSSR count). The van der Waals surface area contributed by atoms with Crippen LogP contribution in [-0.4, -0.2) is 70.5 Å². The molecule has 0 heterocycles. The van der Waals surface area contributed by atoms with Crippen LogP contribution >= 0.6 is 0 Å². The first-order valence-corrected chi connectivity index (χ1v) is 12.2. The van der Waals surface area contributed by atoms with Gasteiger partial charge >= 0.3 is 5.97 Å². The Labute approximate surface area is 216 Å². The Morgan fingerprint density at radius 1 is 0.892 bits per heavy atom. The maximum atomic E-state index is 12.8. The molecule has 206 valence electrons. The molecule has 0 saturated heterocycles. The minimum atomic E-state index is -1.26. The number of carboxylic acid groups (broad SMARTS) is 1. The molecule has 0 aliphatic rings. The summed E-state index contributed by atoms with van der Waals surface area (Å²) in [5.41, 5.74) is 6.43. The molecule has 5 atom stereocenters. The van der Waals surface area contributed by atoms with Crippen LogP contribution in [0.3, 0.4) is 0 Å². The van der Waals surface area contributed by atoms with Gasteiger partial charge in [-0.2, -0.15) is 0 Å². The summed E-state index contributed by atoms with van der Waals surface area (Å²) in [6.45, 7) is 8.15. The standard InChI is InChI=1S/C25H39N5O7/c1-6-14(4)20(26)23(34)27-12-19(32)30-21(13(2)3)24(35)28-15(5)22(33)29-18(25(36)37)11-16-7-9-17(31)10-8-16/h7-10,13-15,18,20-21,31H,6,11-12,26H2,1-5H3,(H,27,34)(H,28,35)(H,29,33)(H,30,32)(H,36,37)/t14-,15-,18-,20-,21-/m0/s1. The predicted octanol–water partition coefficient (Wildman–Crippen LogP) is -0.361. The molecule has 0 aliphatic carbocycles. The molecule has 1 aromatic carbocycles. The van der Waals surface area contributed by atoms with E-state index in [0.717, 1.165) is 0 Å². The van der Waals surface area contributed by atoms with Crippen LogP contribution in [0.2, 0.25) is 0 Å². The zero-order valence-corrected chi connectivity index (χ0v) is 21.9. The van der Waals surface area contributed by atoms with Gasteiger partial charge in [0.05, 0.1) is 12.6 Å². The normalized spacial score (nSPS) is 15.0. The average molecular weight is 522 g/mol. The number of hydrogen-bond donors (Lipinski definition) is 7. The van der Waals surface area contributed by atoms with E-state index >= 15 is 0 Å². The number of benzene rings is 1. The first kappa shape index (κ1) is 31.4. The summed E-state index contributed by atoms with van der Waals surface area (Å²) >= 11 is 0. The number of nitrogens with one attached hydrogen (secondary N) is 4. The van der Waals surface area contributed by atoms with E-state index in [9.17, 15) is 34.2 Å². The average Bonchev–Trinajstić information content (AvgIpc) is 2.84. The molecule has 0 saturated carbocycles. The van der Waals surface area contributed by atoms with Crippen LogP contribution in [0, 0.1) is 11.8 Å². The van der Waals surface area contributed by atoms with Gasteiger partial charge in [0, 0.05) is 6.42 Å². The van der Waals surface area contributed by atoms with E-state index in [4.69, 9.17) is 5.73 Å². The van der Waals surface area contributed by atoms with Gasteiger partial charge < -0.3 is 37.2 Å². The quantitative estimate of drug-likeness (QED) is 0.172. The summed E-state index contributed by atoms with van der Waals surface area (Å²) in [7, 11) is 0. The fourth-order valence-electron chi connectivity index (χ4n) is 3.29. The maximum absolute atomic E-state index is 12.8. The largest absolute Gasteiger partial charge is 0.508 e. The van der Waals surface area contributed by atoms with Crippen molar-refractivity contribution in [2.45, 2.75) is 71.6 Å². The second-order valence-corrected chi connectivity index (χ2v) is 9.42. The number of nitrogens with two attached hydrogens (primary N) is 1. The summed E-state index contributed by atoms with van der Waals surface area (Å²) < 4.78 is 0. The number of aliphatic carboxylic acids is 1. The van der Waals surface area contributed by atoms with E-state index in [2.05, 4.69) is 21.3 Å². The van der Waals surface area contributed by atoms with Crippen molar-refractivity contribution in [1.82, 2.24) is 21.3 Å². The van der Waals surface area contributed by atoms with Crippen LogP contribution in [0.25, 0.3) is 0 Å². The van der Waals surface area contributed by atoms with Gasteiger partial charge in [0.2, 0.25) is 23.6 Å². The summed E-state index contributed by atoms with van der Waals surface area (Å²) in [4.78, 5) is 61.5. The lowest BCUT2D eigenvalue weighted by Crippen LogP contribution is -2.57. The monoisotopic (exact) mass is 521 g/mol. The van der Waals surface area contributed by atoms with Crippen molar-refractivity contribution in [3.63, 3.8) is 0 Å². The highest BCUT2D eigenvalue weighted by Crippen LogP contribution is 2.12. The fraction of sp³-hybridized carbons (Fsp3) is 0.560. The lowest BCUT2D eigenvalue weighted by molar-refractivity contribution is -0.142. The van der Waals surface area contributed by atoms with Gasteiger partial charge in [0.25, 0.3) is 0 Å². The summed E-state index contributed by atoms with van der Waals surface area (Å²) in [6.07, 6.45) is 0.672. The van der Waals surface area contributed by atoms with Crippen LogP contribution in [-0.2, 0) is 30.4 Å². The topological polar surface area (TPSA) is 200 Å². The molecular weight excluding hydrogens is 482 g/mol. The Morgan fingerprint density at radius 2 is 1.49 bits per heavy atom. The number of phenolic OH excluding ortho intramolecular Hbond substituents is 1. The van der Waals surface area contributed by atoms with Gasteiger partial charge in [-0.15, -0.1) is 0 Å². The van der Waals surface area contributed by atoms with Gasteiger partial charge in [0.15, 0.2) is 0 Å². The second-order valence-electron chi connectivity index (χ2n) is 9.42. The van der Waals surface area contributed by atoms with Crippen LogP contribution < -0.4 is 27.0 Å². The van der Waals surface area contributed by atoms with E-state index in [-0.39, 0.29) is 30.6 Å². The van der Waals surface area contributed by atoms with Gasteiger partial charge in [-0.25, -0.2) is 4.79 Å². The summed E-state index contributed by atoms with van der Waals surface area (Å²) in [6, 6.07) is 1.77. The third kappa shape index (κ3) is 10.5. The van der Waals surface area contributed by atoms with Crippen molar-refractivity contribution in [1.29, 1.82) is 0 Å². The lowest BCUT2D eigenvalue weighted by atomic mass is 9.99. The molecule has 0 unspecified atom stereocenters. The highest BCUT2D eigenvalue weighted by atomic mass is 16.4. The number of carboxylic acids is 1. The molecule has 0 spiro atoms. The molecule has 1 aromatic rings. The third-order valence-corrected chi connectivity index (χ3v) is 5.99. The van der Waals surface area contributed by atoms with Gasteiger partial charge in [-0.1, -0.05) is 46.2 Å². The van der Waals surface area contributed by atoms with Crippen molar-refractivity contribution in [3.8, 4) is 5.75 Å². The molecule has 12 nitrogen and oxygen atoms in total. The molecule has 0 bridgehead atoms. The minimum Gasteiger partial charge on any atom is -0.508 e. The second kappa shape index (κ2) is 14.8. The number of carbonyl (C=O) groups excluding carboxylic acids is 4. The smallest absolute Gasteiger partial charge is 0.326 e. The van der Waals surface area contributed by atoms with Crippen LogP contribution in [0.4, 0.5) is 0 Å². The maximum Gasteiger partial charge on any atom is 0.326 e. The molecule has 4 amide bonds. The SMILES string of the molecule is CC[C@H](C)[C@H](N)C(=O)NCC(=O)N[C@H](C(=O)N[C@@H](C)C(=O)N[C@@H](Cc1ccc(O)cc1)C(=O)O)C(C)C. The van der Waals surface area contributed by atoms with Crippen molar-refractivity contribution < 1.29 is 34.2 Å². The molecule has 0 aromatic heterocycles. The number of rotatable bonds is 14. The first-order valence-electron chi connectivity index (χ1n) is 12.2. The molecule has 0 radical (unpaired) electrons. The predicted molar refractivity (Wildman–Crippen MR) is 136 cm³/mol. The first-order chi connectivity index (χ1) is 17.3. The zero-order valence-electron chi connectivity index (χ0n) is 21.9. The lowest BCUT2D eigenvalue weighted by Gasteiger charge is -2.25. The molecule has 12 heteroatoms. The summed E-state index contributed by atoms with van der Waals surface area (Å²) in [5, 5.41) is 28.7. The van der Waals surface area contributed by atoms with Gasteiger partial charge in [-0.05, 0) is 36.5 Å². The Balaban J connectivity index is 2.70. The highest BCUT2D eigenvalue weighted by molar-refractivity contribution is 5.94. The van der Waals surface area contributed by atoms with Crippen LogP contribution in [0.1, 0.15) is 46.6 Å². The van der Waals surface area contributed by atoms with Crippen molar-refractivity contribution in [3.05, 3.63) is 29.8 Å². The van der Waals surface area contributed by atoms with Crippen molar-refractivity contribution in [2.75, 3.05) is 6.54 Å². The molecule has 0 aliphatic heterocycles. The summed E-state index contributed by atoms with van der Waals surface area (Å²) in [5.74, 6) is -4.08. The molecule has 0 fully saturated rings. The number of hydrogen-bond acceptors (Lipinski definition) is 7. The molecule has 37 heavy (non-hydrogen) atoms. The minimum absolute atomic E-state index is 0.0276. The van der Waals surface area contributed by atoms with Gasteiger partial charge in [-0.3, -0.25) is 19.2 Å². The Hall–Kier alpha value is -3.67. The Morgan fingerprint density at radius 3 is 2.00 bits per heavy atom. The van der Waals surface area contributed by atoms with E-state index in [1.165, 1.54) is 19.1 Å². The van der Waals surface area contributed by atoms with Crippen molar-refractivity contribution >= 4 is 29.6 Å². The Bertz CT molecular complexity index is 951. The van der Waals surface area contributed by atoms with E-state index < -0.39 is 53.8 Å². The van der Waals surface area contributed by atoms with E-state index in [0.29, 0.717) is 12.0 Å². The number of amides is 4. The van der Waals surface area contributed by atoms with Crippen molar-refractivity contribution in [2.24, 2.45) is 17.6 Å². The van der Waals surface area contributed by atoms with Crippen LogP contribution in [0.5, 0.6) is 5.75 Å². The Kier molecular flexibility index (Phi) is 12.5. The van der Waals surface area contributed by atoms with Crippen LogP contribution in [0.15, 0.2) is 24.3 Å². The van der Waals surface area contributed by atoms with E-state index in [1.807, 2.05) is 13.8 Å². The number of phenols is 1. The highest BCUT2D eigenvalue weighted by Gasteiger charge is 2.29. The third-order valence-electron chi connectivity index (χ3n) is 5.99. The zero-order chi connectivity index (χ0) is 28.3. The number of aromatic hydroxyl groups is 1. The fourth-order valence-corrected chi connectivity index (χ4v) is 3.29. The molecular formula is C25H39N5O7. The number of carbonyl (C=O) groups is 5.